The highest BCUT2D eigenvalue weighted by Gasteiger charge is 2.67. The average Bonchev–Trinajstić information content (AvgIpc) is 3.50. The molecule has 2 atom stereocenters. The third-order valence-electron chi connectivity index (χ3n) is 6.95. The zero-order valence-electron chi connectivity index (χ0n) is 24.0. The highest BCUT2D eigenvalue weighted by atomic mass is 35.5. The molecule has 1 fully saturated rings. The summed E-state index contributed by atoms with van der Waals surface area (Å²) in [6.07, 6.45) is -6.57. The largest absolute Gasteiger partial charge is 0.460 e. The smallest absolute Gasteiger partial charge is 0.419 e. The third kappa shape index (κ3) is 7.61. The first-order chi connectivity index (χ1) is 21.1. The van der Waals surface area contributed by atoms with Crippen LogP contribution >= 0.6 is 34.8 Å². The van der Waals surface area contributed by atoms with Crippen molar-refractivity contribution >= 4 is 58.1 Å². The van der Waals surface area contributed by atoms with Crippen molar-refractivity contribution in [3.8, 4) is 0 Å². The van der Waals surface area contributed by atoms with Gasteiger partial charge in [0.05, 0.1) is 22.9 Å². The summed E-state index contributed by atoms with van der Waals surface area (Å²) in [6.45, 7) is 4.79. The van der Waals surface area contributed by atoms with Gasteiger partial charge >= 0.3 is 12.1 Å². The predicted molar refractivity (Wildman–Crippen MR) is 156 cm³/mol. The van der Waals surface area contributed by atoms with Gasteiger partial charge in [-0.15, -0.1) is 23.2 Å². The predicted octanol–water partition coefficient (Wildman–Crippen LogP) is 8.75. The van der Waals surface area contributed by atoms with Crippen LogP contribution in [-0.4, -0.2) is 27.6 Å². The quantitative estimate of drug-likeness (QED) is 0.110. The Balaban J connectivity index is 1.56. The SMILES string of the molecule is CC(C)(C)OC(=O)Cc1ccc(F)c(CC(=O)c2cc(NC(=O)[C@H]3[C@H](c4ccc(F)c(C(F)(F)F)c4)C3(Cl)Cl)cc(F)c2Cl)c1F. The number of Topliss-reactive ketones (excluding diaryl/α,β-unsaturated/α-hetero) is 1. The fourth-order valence-corrected chi connectivity index (χ4v) is 5.88. The van der Waals surface area contributed by atoms with Crippen LogP contribution in [0.2, 0.25) is 5.02 Å². The second-order valence-corrected chi connectivity index (χ2v) is 13.4. The molecule has 0 heterocycles. The van der Waals surface area contributed by atoms with Gasteiger partial charge in [0.1, 0.15) is 33.2 Å². The summed E-state index contributed by atoms with van der Waals surface area (Å²) < 4.78 is 101. The molecular weight excluding hydrogens is 690 g/mol. The number of anilines is 1. The van der Waals surface area contributed by atoms with E-state index in [-0.39, 0.29) is 16.8 Å². The number of ether oxygens (including phenoxy) is 1. The topological polar surface area (TPSA) is 72.5 Å². The molecule has 1 saturated carbocycles. The first-order valence-electron chi connectivity index (χ1n) is 13.4. The van der Waals surface area contributed by atoms with Gasteiger partial charge in [0.2, 0.25) is 5.91 Å². The van der Waals surface area contributed by atoms with Crippen LogP contribution in [0.5, 0.6) is 0 Å². The van der Waals surface area contributed by atoms with Crippen LogP contribution in [0.3, 0.4) is 0 Å². The van der Waals surface area contributed by atoms with Crippen molar-refractivity contribution in [2.75, 3.05) is 5.32 Å². The molecule has 1 aliphatic carbocycles. The summed E-state index contributed by atoms with van der Waals surface area (Å²) in [5.74, 6) is -10.5. The number of alkyl halides is 5. The molecule has 3 aromatic carbocycles. The molecule has 0 saturated heterocycles. The molecule has 46 heavy (non-hydrogen) atoms. The van der Waals surface area contributed by atoms with Gasteiger partial charge in [0.15, 0.2) is 5.78 Å². The van der Waals surface area contributed by atoms with Crippen molar-refractivity contribution in [3.05, 3.63) is 98.6 Å². The molecule has 1 aliphatic rings. The maximum Gasteiger partial charge on any atom is 0.419 e. The minimum Gasteiger partial charge on any atom is -0.460 e. The lowest BCUT2D eigenvalue weighted by Gasteiger charge is -2.19. The van der Waals surface area contributed by atoms with E-state index in [9.17, 15) is 40.7 Å². The highest BCUT2D eigenvalue weighted by molar-refractivity contribution is 6.53. The standard InChI is InChI=1S/C31H23Cl3F7NO4/c1-29(2,3)46-23(44)9-14-5-6-19(35)16(27(14)38)12-22(43)17-10-15(11-21(37)26(17)32)42-28(45)25-24(30(25,33)34)13-4-7-20(36)18(8-13)31(39,40)41/h4-8,10-11,24-25H,9,12H2,1-3H3,(H,42,45)/t24-,25+/m0/s1. The Kier molecular flexibility index (Phi) is 9.79. The number of carbonyl (C=O) groups excluding carboxylic acids is 3. The van der Waals surface area contributed by atoms with E-state index in [1.165, 1.54) is 0 Å². The van der Waals surface area contributed by atoms with Crippen LogP contribution in [0.25, 0.3) is 0 Å². The van der Waals surface area contributed by atoms with E-state index in [4.69, 9.17) is 39.5 Å². The minimum absolute atomic E-state index is 0.185. The summed E-state index contributed by atoms with van der Waals surface area (Å²) in [6, 6.07) is 5.53. The molecule has 15 heteroatoms. The molecule has 0 unspecified atom stereocenters. The molecule has 0 aromatic heterocycles. The van der Waals surface area contributed by atoms with Crippen molar-refractivity contribution in [2.45, 2.75) is 55.6 Å². The van der Waals surface area contributed by atoms with Crippen LogP contribution in [0, 0.1) is 29.2 Å². The summed E-state index contributed by atoms with van der Waals surface area (Å²) in [5.41, 5.74) is -4.58. The summed E-state index contributed by atoms with van der Waals surface area (Å²) >= 11 is 18.3. The van der Waals surface area contributed by atoms with Gasteiger partial charge in [-0.05, 0) is 62.2 Å². The van der Waals surface area contributed by atoms with E-state index < -0.39 is 103 Å². The fourth-order valence-electron chi connectivity index (χ4n) is 4.84. The van der Waals surface area contributed by atoms with Crippen molar-refractivity contribution in [1.82, 2.24) is 0 Å². The average molecular weight is 713 g/mol. The number of benzene rings is 3. The highest BCUT2D eigenvalue weighted by Crippen LogP contribution is 2.65. The lowest BCUT2D eigenvalue weighted by Crippen LogP contribution is -2.25. The second-order valence-electron chi connectivity index (χ2n) is 11.5. The molecule has 0 aliphatic heterocycles. The zero-order chi connectivity index (χ0) is 34.5. The molecule has 1 N–H and O–H groups in total. The lowest BCUT2D eigenvalue weighted by molar-refractivity contribution is -0.154. The molecular formula is C31H23Cl3F7NO4. The Bertz CT molecular complexity index is 1740. The number of ketones is 1. The first kappa shape index (κ1) is 35.5. The van der Waals surface area contributed by atoms with E-state index in [0.29, 0.717) is 12.1 Å². The lowest BCUT2D eigenvalue weighted by atomic mass is 9.98. The van der Waals surface area contributed by atoms with Crippen LogP contribution in [0.1, 0.15) is 59.3 Å². The van der Waals surface area contributed by atoms with Gasteiger partial charge < -0.3 is 10.1 Å². The Hall–Kier alpha value is -3.35. The van der Waals surface area contributed by atoms with Gasteiger partial charge in [0.25, 0.3) is 0 Å². The van der Waals surface area contributed by atoms with E-state index in [1.807, 2.05) is 0 Å². The van der Waals surface area contributed by atoms with Crippen molar-refractivity contribution in [3.63, 3.8) is 0 Å². The molecule has 1 amide bonds. The number of hydrogen-bond acceptors (Lipinski definition) is 4. The van der Waals surface area contributed by atoms with Crippen molar-refractivity contribution in [1.29, 1.82) is 0 Å². The third-order valence-corrected chi connectivity index (χ3v) is 8.27. The van der Waals surface area contributed by atoms with Crippen LogP contribution < -0.4 is 5.32 Å². The summed E-state index contributed by atoms with van der Waals surface area (Å²) in [7, 11) is 0. The number of hydrogen-bond donors (Lipinski definition) is 1. The second kappa shape index (κ2) is 12.7. The number of rotatable bonds is 8. The molecule has 5 nitrogen and oxygen atoms in total. The Morgan fingerprint density at radius 3 is 2.13 bits per heavy atom. The molecule has 0 spiro atoms. The van der Waals surface area contributed by atoms with Gasteiger partial charge in [-0.3, -0.25) is 14.4 Å². The van der Waals surface area contributed by atoms with Crippen molar-refractivity contribution < 1.29 is 49.9 Å². The van der Waals surface area contributed by atoms with E-state index in [2.05, 4.69) is 5.32 Å². The molecule has 0 bridgehead atoms. The van der Waals surface area contributed by atoms with E-state index in [1.54, 1.807) is 20.8 Å². The number of amides is 1. The van der Waals surface area contributed by atoms with Gasteiger partial charge in [-0.2, -0.15) is 13.2 Å². The Morgan fingerprint density at radius 1 is 0.891 bits per heavy atom. The maximum atomic E-state index is 15.2. The van der Waals surface area contributed by atoms with Gasteiger partial charge in [-0.1, -0.05) is 23.7 Å². The minimum atomic E-state index is -5.04. The molecule has 3 aromatic rings. The van der Waals surface area contributed by atoms with Crippen LogP contribution in [0.4, 0.5) is 36.4 Å². The zero-order valence-corrected chi connectivity index (χ0v) is 26.3. The number of esters is 1. The van der Waals surface area contributed by atoms with Crippen LogP contribution in [0.15, 0.2) is 42.5 Å². The molecule has 0 radical (unpaired) electrons. The van der Waals surface area contributed by atoms with Gasteiger partial charge in [0, 0.05) is 29.2 Å². The fraction of sp³-hybridized carbons (Fsp3) is 0.323. The number of carbonyl (C=O) groups is 3. The van der Waals surface area contributed by atoms with E-state index >= 15 is 4.39 Å². The van der Waals surface area contributed by atoms with Gasteiger partial charge in [-0.25, -0.2) is 17.6 Å². The summed E-state index contributed by atoms with van der Waals surface area (Å²) in [4.78, 5) is 38.3. The first-order valence-corrected chi connectivity index (χ1v) is 14.5. The normalized spacial score (nSPS) is 17.4. The van der Waals surface area contributed by atoms with E-state index in [0.717, 1.165) is 30.3 Å². The van der Waals surface area contributed by atoms with Crippen molar-refractivity contribution in [2.24, 2.45) is 5.92 Å². The molecule has 246 valence electrons. The monoisotopic (exact) mass is 711 g/mol. The maximum absolute atomic E-state index is 15.2. The number of nitrogens with one attached hydrogen (secondary N) is 1. The Labute approximate surface area is 273 Å². The Morgan fingerprint density at radius 2 is 1.52 bits per heavy atom. The van der Waals surface area contributed by atoms with Crippen LogP contribution in [-0.2, 0) is 33.3 Å². The summed E-state index contributed by atoms with van der Waals surface area (Å²) in [5, 5.41) is 1.53. The molecule has 4 rings (SSSR count). The number of halogens is 10.